The molecule has 9 atom stereocenters. The summed E-state index contributed by atoms with van der Waals surface area (Å²) < 4.78 is 13.4. The lowest BCUT2D eigenvalue weighted by molar-refractivity contribution is -0.147. The zero-order chi connectivity index (χ0) is 77.3. The summed E-state index contributed by atoms with van der Waals surface area (Å²) in [5.74, 6) is -8.57. The van der Waals surface area contributed by atoms with Crippen LogP contribution in [0, 0.1) is 34.5 Å². The van der Waals surface area contributed by atoms with Crippen molar-refractivity contribution < 1.29 is 73.1 Å². The van der Waals surface area contributed by atoms with Gasteiger partial charge in [0.1, 0.15) is 77.1 Å². The quantitative estimate of drug-likeness (QED) is 0.0176. The first-order valence-electron chi connectivity index (χ1n) is 36.6. The molecule has 5 aliphatic heterocycles. The largest absolute Gasteiger partial charge is 0.508 e. The second-order valence-electron chi connectivity index (χ2n) is 30.2. The Morgan fingerprint density at radius 1 is 0.645 bits per heavy atom. The molecule has 21 N–H and O–H groups in total. The van der Waals surface area contributed by atoms with Crippen molar-refractivity contribution in [2.45, 2.75) is 185 Å². The number of carbonyl (C=O) groups excluding carboxylic acids is 8. The molecule has 31 nitrogen and oxygen atoms in total. The van der Waals surface area contributed by atoms with Crippen LogP contribution in [-0.4, -0.2) is 181 Å². The predicted molar refractivity (Wildman–Crippen MR) is 399 cm³/mol. The fourth-order valence-corrected chi connectivity index (χ4v) is 15.8. The van der Waals surface area contributed by atoms with E-state index in [1.165, 1.54) is 46.2 Å². The minimum Gasteiger partial charge on any atom is -0.508 e. The summed E-state index contributed by atoms with van der Waals surface area (Å²) in [6.45, 7) is 9.86. The minimum atomic E-state index is -1.59. The number of carbonyl (C=O) groups is 9. The minimum absolute atomic E-state index is 0.0283. The number of amidine groups is 1. The van der Waals surface area contributed by atoms with Crippen molar-refractivity contribution in [1.82, 2.24) is 47.0 Å². The number of benzene rings is 4. The molecule has 1 unspecified atom stereocenters. The number of rotatable bonds is 27. The summed E-state index contributed by atoms with van der Waals surface area (Å²) in [7, 11) is 0. The van der Waals surface area contributed by atoms with Crippen molar-refractivity contribution >= 4 is 88.0 Å². The second-order valence-corrected chi connectivity index (χ2v) is 30.7. The van der Waals surface area contributed by atoms with Gasteiger partial charge >= 0.3 is 5.97 Å². The van der Waals surface area contributed by atoms with E-state index in [2.05, 4.69) is 47.5 Å². The van der Waals surface area contributed by atoms with Gasteiger partial charge in [-0.25, -0.2) is 4.79 Å². The Morgan fingerprint density at radius 3 is 1.78 bits per heavy atom. The third-order valence-corrected chi connectivity index (χ3v) is 21.2. The Morgan fingerprint density at radius 2 is 1.21 bits per heavy atom. The third kappa shape index (κ3) is 18.6. The zero-order valence-corrected chi connectivity index (χ0v) is 61.6. The molecule has 0 radical (unpaired) electrons. The number of piperidine rings is 1. The maximum atomic E-state index is 15.7. The number of amides is 8. The Bertz CT molecular complexity index is 4010. The Hall–Kier alpha value is -10.3. The van der Waals surface area contributed by atoms with Crippen LogP contribution in [0.1, 0.15) is 152 Å². The van der Waals surface area contributed by atoms with Crippen molar-refractivity contribution in [3.05, 3.63) is 107 Å². The number of carboxylic acids is 1. The highest BCUT2D eigenvalue weighted by Crippen LogP contribution is 2.60. The Kier molecular flexibility index (Phi) is 25.2. The highest BCUT2D eigenvalue weighted by molar-refractivity contribution is 7.80. The summed E-state index contributed by atoms with van der Waals surface area (Å²) in [6, 6.07) is 9.75. The molecule has 1 aliphatic carbocycles. The molecular formula is C75H100N16O15S. The molecule has 0 aromatic heterocycles. The first-order chi connectivity index (χ1) is 50.8. The second kappa shape index (κ2) is 34.1. The van der Waals surface area contributed by atoms with E-state index in [4.69, 9.17) is 50.0 Å². The number of nitrogens with zero attached hydrogens (tertiary/aromatic N) is 3. The van der Waals surface area contributed by atoms with Crippen LogP contribution in [0.5, 0.6) is 28.7 Å². The molecule has 107 heavy (non-hydrogen) atoms. The normalized spacial score (nSPS) is 21.1. The van der Waals surface area contributed by atoms with Gasteiger partial charge in [0.05, 0.1) is 5.84 Å². The maximum Gasteiger partial charge on any atom is 0.326 e. The molecular weight excluding hydrogens is 1400 g/mol. The number of aliphatic carboxylic acids is 1. The van der Waals surface area contributed by atoms with Gasteiger partial charge in [0.2, 0.25) is 41.4 Å². The zero-order valence-electron chi connectivity index (χ0n) is 60.8. The van der Waals surface area contributed by atoms with Gasteiger partial charge in [-0.2, -0.15) is 0 Å². The number of phenolic OH excluding ortho intramolecular Hbond substituents is 3. The molecule has 1 saturated carbocycles. The number of aliphatic imine (C=N–C) groups is 1. The van der Waals surface area contributed by atoms with E-state index in [9.17, 15) is 39.6 Å². The number of guanidine groups is 1. The van der Waals surface area contributed by atoms with Gasteiger partial charge in [-0.3, -0.25) is 48.8 Å². The lowest BCUT2D eigenvalue weighted by atomic mass is 9.77. The number of nitrogens with two attached hydrogens (primary N) is 4. The van der Waals surface area contributed by atoms with E-state index in [0.717, 1.165) is 0 Å². The van der Waals surface area contributed by atoms with Gasteiger partial charge in [-0.15, -0.1) is 0 Å². The van der Waals surface area contributed by atoms with Crippen LogP contribution in [0.2, 0.25) is 0 Å². The number of hydrogen-bond acceptors (Lipinski definition) is 18. The molecule has 0 bridgehead atoms. The smallest absolute Gasteiger partial charge is 0.326 e. The molecule has 4 aromatic carbocycles. The standard InChI is InChI=1S/C75H100N16O15S/c1-38(2)33-53(71(103)104)86-68(100)61(74(3,4)5)89-63(95)52(34-39-12-19-44(92)20-13-39)85-64(96)54-10-7-31-90(54)69(101)51(9-6-28-82-72(78)79)84-66(98)58(40-14-16-42(17-15-40)62(76)77)87-65(97)55-11-8-32-91(55)70(102)59(41-26-29-81-30-27-41)88-67(99)60-47-35-43(83-73(80)107)18-23-48(47)75(106-60)49-24-21-45(93)36-56(49)105-57-37-46(94)22-25-50(57)75/h12-13,18-25,35-38,40-42,51-55,58-61,81,92-94H,6-11,14-17,26-34H2,1-5H3,(H3,76,77)(H,84,98)(H,85,96)(H,86,100)(H,87,97)(H,88,99)(H,89,95)(H,103,104)(H4,78,79,82)(H3,80,83,107)/t40?,42?,51-,52-,53-,54-,55-,58-,59-,60?,61+/m0/s1. The SMILES string of the molecule is CC(C)C[C@H](NC(=O)[C@@H](NC(=O)[C@H](Cc1ccc(O)cc1)NC(=O)[C@@H]1CCCN1C(=O)[C@H](CCCN=C(N)N)NC(=O)[C@@H](NC(=O)[C@@H]1CCCN1C(=O)[C@@H](NC(=O)C1OC2(c3ccc(O)cc3Oc3cc(O)ccc32)c2ccc(NC(N)=S)cc21)C1CCNCC1)C1CCC(C(=N)N)CC1)C(C)(C)C)C(=O)O. The van der Waals surface area contributed by atoms with Gasteiger partial charge < -0.3 is 105 Å². The van der Waals surface area contributed by atoms with Crippen molar-refractivity contribution in [3.8, 4) is 28.7 Å². The molecule has 5 heterocycles. The van der Waals surface area contributed by atoms with Crippen LogP contribution in [0.3, 0.4) is 0 Å². The summed E-state index contributed by atoms with van der Waals surface area (Å²) in [5.41, 5.74) is 23.5. The van der Waals surface area contributed by atoms with E-state index in [1.54, 1.807) is 77.1 Å². The first-order valence-corrected chi connectivity index (χ1v) is 37.0. The monoisotopic (exact) mass is 1500 g/mol. The lowest BCUT2D eigenvalue weighted by Crippen LogP contribution is -2.62. The van der Waals surface area contributed by atoms with E-state index < -0.39 is 131 Å². The Labute approximate surface area is 625 Å². The fraction of sp³-hybridized carbons (Fsp3) is 0.520. The third-order valence-electron chi connectivity index (χ3n) is 21.1. The number of phenols is 3. The first kappa shape index (κ1) is 79.2. The Balaban J connectivity index is 0.907. The molecule has 4 fully saturated rings. The van der Waals surface area contributed by atoms with Crippen molar-refractivity contribution in [1.29, 1.82) is 5.41 Å². The number of anilines is 1. The van der Waals surface area contributed by atoms with Gasteiger partial charge in [0.25, 0.3) is 5.91 Å². The number of likely N-dealkylation sites (tertiary alicyclic amines) is 2. The number of hydrogen-bond donors (Lipinski definition) is 17. The molecule has 576 valence electrons. The summed E-state index contributed by atoms with van der Waals surface area (Å²) in [4.78, 5) is 140. The number of aromatic hydroxyl groups is 3. The lowest BCUT2D eigenvalue weighted by Gasteiger charge is -2.38. The average Bonchev–Trinajstić information content (AvgIpc) is 1.59. The highest BCUT2D eigenvalue weighted by Gasteiger charge is 2.56. The van der Waals surface area contributed by atoms with Gasteiger partial charge in [-0.05, 0) is 197 Å². The fourth-order valence-electron chi connectivity index (χ4n) is 15.7. The van der Waals surface area contributed by atoms with Crippen LogP contribution in [-0.2, 0) is 59.9 Å². The molecule has 8 amide bonds. The van der Waals surface area contributed by atoms with Crippen LogP contribution in [0.25, 0.3) is 0 Å². The molecule has 32 heteroatoms. The number of ether oxygens (including phenoxy) is 2. The van der Waals surface area contributed by atoms with E-state index >= 15 is 24.0 Å². The molecule has 10 rings (SSSR count). The van der Waals surface area contributed by atoms with Crippen LogP contribution >= 0.6 is 12.2 Å². The number of nitrogens with one attached hydrogen (secondary N) is 9. The number of thiocarbonyl (C=S) groups is 1. The van der Waals surface area contributed by atoms with E-state index in [1.807, 2.05) is 0 Å². The van der Waals surface area contributed by atoms with Gasteiger partial charge in [-0.1, -0.05) is 52.8 Å². The molecule has 6 aliphatic rings. The molecule has 4 aromatic rings. The van der Waals surface area contributed by atoms with Crippen molar-refractivity contribution in [2.75, 3.05) is 38.0 Å². The molecule has 1 spiro atoms. The van der Waals surface area contributed by atoms with Crippen LogP contribution in [0.15, 0.2) is 83.9 Å². The molecule has 3 saturated heterocycles. The van der Waals surface area contributed by atoms with E-state index in [-0.39, 0.29) is 116 Å². The summed E-state index contributed by atoms with van der Waals surface area (Å²) >= 11 is 5.22. The summed E-state index contributed by atoms with van der Waals surface area (Å²) in [5, 5.41) is 73.3. The van der Waals surface area contributed by atoms with Crippen molar-refractivity contribution in [2.24, 2.45) is 57.0 Å². The predicted octanol–water partition coefficient (Wildman–Crippen LogP) is 3.03. The van der Waals surface area contributed by atoms with Crippen LogP contribution in [0.4, 0.5) is 5.69 Å². The van der Waals surface area contributed by atoms with Gasteiger partial charge in [0.15, 0.2) is 22.8 Å². The number of carboxylic acid groups (broad SMARTS) is 1. The van der Waals surface area contributed by atoms with Gasteiger partial charge in [0, 0.05) is 60.9 Å². The number of fused-ring (bicyclic) bond motifs is 6. The topological polar surface area (TPSA) is 496 Å². The van der Waals surface area contributed by atoms with E-state index in [0.29, 0.717) is 98.0 Å². The van der Waals surface area contributed by atoms with Crippen LogP contribution < -0.4 is 70.2 Å². The maximum absolute atomic E-state index is 15.7. The van der Waals surface area contributed by atoms with Crippen molar-refractivity contribution in [3.63, 3.8) is 0 Å². The highest BCUT2D eigenvalue weighted by atomic mass is 32.1. The summed E-state index contributed by atoms with van der Waals surface area (Å²) in [6.07, 6.45) is 1.90. The average molecular weight is 1500 g/mol.